The quantitative estimate of drug-likeness (QED) is 0.620. The van der Waals surface area contributed by atoms with Gasteiger partial charge < -0.3 is 15.0 Å². The number of ether oxygens (including phenoxy) is 1. The number of anilines is 1. The lowest BCUT2D eigenvalue weighted by Crippen LogP contribution is -2.38. The van der Waals surface area contributed by atoms with E-state index in [2.05, 4.69) is 5.32 Å². The predicted molar refractivity (Wildman–Crippen MR) is 98.7 cm³/mol. The molecule has 1 fully saturated rings. The van der Waals surface area contributed by atoms with E-state index in [0.717, 1.165) is 5.69 Å². The first kappa shape index (κ1) is 18.4. The molecule has 8 nitrogen and oxygen atoms in total. The Kier molecular flexibility index (Phi) is 5.35. The Morgan fingerprint density at radius 1 is 1.30 bits per heavy atom. The molecule has 0 aromatic heterocycles. The third-order valence-corrected chi connectivity index (χ3v) is 4.37. The lowest BCUT2D eigenvalue weighted by molar-refractivity contribution is -0.384. The second kappa shape index (κ2) is 7.86. The minimum absolute atomic E-state index is 0.0190. The standard InChI is InChI=1S/C19H19N3O5/c1-27-17-4-2-3-16(11-17)21-12-14(10-19(21)24)20-18(23)9-13-5-7-15(8-6-13)22(25)26/h2-8,11,14H,9-10,12H2,1H3,(H,20,23). The van der Waals surface area contributed by atoms with Gasteiger partial charge in [-0.15, -0.1) is 0 Å². The molecule has 1 aliphatic heterocycles. The summed E-state index contributed by atoms with van der Waals surface area (Å²) in [7, 11) is 1.56. The number of nitro benzene ring substituents is 1. The topological polar surface area (TPSA) is 102 Å². The van der Waals surface area contributed by atoms with Crippen LogP contribution in [0.2, 0.25) is 0 Å². The summed E-state index contributed by atoms with van der Waals surface area (Å²) in [6.45, 7) is 0.387. The zero-order valence-corrected chi connectivity index (χ0v) is 14.8. The maximum absolute atomic E-state index is 12.3. The summed E-state index contributed by atoms with van der Waals surface area (Å²) in [5.74, 6) is 0.365. The van der Waals surface area contributed by atoms with Crippen molar-refractivity contribution in [1.82, 2.24) is 5.32 Å². The molecule has 8 heteroatoms. The van der Waals surface area contributed by atoms with Crippen molar-refractivity contribution in [3.63, 3.8) is 0 Å². The lowest BCUT2D eigenvalue weighted by atomic mass is 10.1. The average molecular weight is 369 g/mol. The van der Waals surface area contributed by atoms with E-state index in [1.165, 1.54) is 12.1 Å². The third kappa shape index (κ3) is 4.41. The summed E-state index contributed by atoms with van der Waals surface area (Å²) in [4.78, 5) is 36.3. The fraction of sp³-hybridized carbons (Fsp3) is 0.263. The summed E-state index contributed by atoms with van der Waals surface area (Å²) in [5.41, 5.74) is 1.38. The van der Waals surface area contributed by atoms with Gasteiger partial charge in [0.1, 0.15) is 5.75 Å². The molecule has 0 bridgehead atoms. The van der Waals surface area contributed by atoms with Crippen LogP contribution in [-0.2, 0) is 16.0 Å². The van der Waals surface area contributed by atoms with Gasteiger partial charge in [-0.05, 0) is 17.7 Å². The molecule has 2 aromatic rings. The third-order valence-electron chi connectivity index (χ3n) is 4.37. The van der Waals surface area contributed by atoms with Crippen LogP contribution in [0.3, 0.4) is 0 Å². The number of carbonyl (C=O) groups excluding carboxylic acids is 2. The predicted octanol–water partition coefficient (Wildman–Crippen LogP) is 2.07. The summed E-state index contributed by atoms with van der Waals surface area (Å²) in [6, 6.07) is 12.8. The normalized spacial score (nSPS) is 16.3. The van der Waals surface area contributed by atoms with E-state index >= 15 is 0 Å². The Labute approximate surface area is 155 Å². The Morgan fingerprint density at radius 3 is 2.70 bits per heavy atom. The molecule has 1 aliphatic rings. The molecule has 140 valence electrons. The molecule has 0 radical (unpaired) electrons. The van der Waals surface area contributed by atoms with Crippen LogP contribution in [0, 0.1) is 10.1 Å². The summed E-state index contributed by atoms with van der Waals surface area (Å²) >= 11 is 0. The van der Waals surface area contributed by atoms with Gasteiger partial charge >= 0.3 is 0 Å². The van der Waals surface area contributed by atoms with Crippen LogP contribution in [-0.4, -0.2) is 36.4 Å². The highest BCUT2D eigenvalue weighted by Gasteiger charge is 2.31. The SMILES string of the molecule is COc1cccc(N2CC(NC(=O)Cc3ccc([N+](=O)[O-])cc3)CC2=O)c1. The van der Waals surface area contributed by atoms with E-state index in [1.807, 2.05) is 12.1 Å². The Bertz CT molecular complexity index is 866. The summed E-state index contributed by atoms with van der Waals surface area (Å²) in [5, 5.41) is 13.5. The Morgan fingerprint density at radius 2 is 2.04 bits per heavy atom. The van der Waals surface area contributed by atoms with Gasteiger partial charge in [0.2, 0.25) is 11.8 Å². The number of nitro groups is 1. The van der Waals surface area contributed by atoms with E-state index in [9.17, 15) is 19.7 Å². The molecule has 2 amide bonds. The molecular formula is C19H19N3O5. The van der Waals surface area contributed by atoms with Gasteiger partial charge in [0.25, 0.3) is 5.69 Å². The molecule has 2 aromatic carbocycles. The van der Waals surface area contributed by atoms with Crippen molar-refractivity contribution in [2.45, 2.75) is 18.9 Å². The first-order chi connectivity index (χ1) is 13.0. The van der Waals surface area contributed by atoms with Crippen molar-refractivity contribution in [2.75, 3.05) is 18.6 Å². The van der Waals surface area contributed by atoms with Gasteiger partial charge in [0.15, 0.2) is 0 Å². The molecule has 1 atom stereocenters. The number of hydrogen-bond acceptors (Lipinski definition) is 5. The molecular weight excluding hydrogens is 350 g/mol. The van der Waals surface area contributed by atoms with Crippen LogP contribution in [0.15, 0.2) is 48.5 Å². The van der Waals surface area contributed by atoms with Gasteiger partial charge in [-0.25, -0.2) is 0 Å². The number of methoxy groups -OCH3 is 1. The number of nitrogens with zero attached hydrogens (tertiary/aromatic N) is 2. The number of benzene rings is 2. The maximum Gasteiger partial charge on any atom is 0.269 e. The van der Waals surface area contributed by atoms with Crippen LogP contribution < -0.4 is 15.0 Å². The molecule has 27 heavy (non-hydrogen) atoms. The van der Waals surface area contributed by atoms with Gasteiger partial charge in [0.05, 0.1) is 24.5 Å². The van der Waals surface area contributed by atoms with Crippen LogP contribution in [0.1, 0.15) is 12.0 Å². The number of nitrogens with one attached hydrogen (secondary N) is 1. The number of hydrogen-bond donors (Lipinski definition) is 1. The van der Waals surface area contributed by atoms with Gasteiger partial charge in [-0.1, -0.05) is 18.2 Å². The zero-order valence-electron chi connectivity index (χ0n) is 14.8. The van der Waals surface area contributed by atoms with Crippen LogP contribution in [0.4, 0.5) is 11.4 Å². The summed E-state index contributed by atoms with van der Waals surface area (Å²) < 4.78 is 5.18. The molecule has 1 heterocycles. The number of non-ortho nitro benzene ring substituents is 1. The highest BCUT2D eigenvalue weighted by Crippen LogP contribution is 2.25. The maximum atomic E-state index is 12.3. The number of carbonyl (C=O) groups is 2. The van der Waals surface area contributed by atoms with Crippen LogP contribution in [0.5, 0.6) is 5.75 Å². The van der Waals surface area contributed by atoms with Gasteiger partial charge in [-0.2, -0.15) is 0 Å². The minimum atomic E-state index is -0.485. The molecule has 0 aliphatic carbocycles. The van der Waals surface area contributed by atoms with Crippen LogP contribution >= 0.6 is 0 Å². The first-order valence-electron chi connectivity index (χ1n) is 8.43. The smallest absolute Gasteiger partial charge is 0.269 e. The molecule has 1 unspecified atom stereocenters. The molecule has 1 saturated heterocycles. The van der Waals surface area contributed by atoms with E-state index in [4.69, 9.17) is 4.74 Å². The second-order valence-electron chi connectivity index (χ2n) is 6.27. The van der Waals surface area contributed by atoms with E-state index < -0.39 is 4.92 Å². The van der Waals surface area contributed by atoms with E-state index in [0.29, 0.717) is 17.9 Å². The van der Waals surface area contributed by atoms with E-state index in [1.54, 1.807) is 36.3 Å². The highest BCUT2D eigenvalue weighted by molar-refractivity contribution is 5.97. The minimum Gasteiger partial charge on any atom is -0.497 e. The molecule has 0 spiro atoms. The van der Waals surface area contributed by atoms with Crippen molar-refractivity contribution in [1.29, 1.82) is 0 Å². The highest BCUT2D eigenvalue weighted by atomic mass is 16.6. The van der Waals surface area contributed by atoms with Crippen molar-refractivity contribution in [3.05, 3.63) is 64.2 Å². The summed E-state index contributed by atoms with van der Waals surface area (Å²) in [6.07, 6.45) is 0.324. The van der Waals surface area contributed by atoms with Gasteiger partial charge in [-0.3, -0.25) is 19.7 Å². The van der Waals surface area contributed by atoms with Gasteiger partial charge in [0, 0.05) is 36.9 Å². The largest absolute Gasteiger partial charge is 0.497 e. The Balaban J connectivity index is 1.58. The Hall–Kier alpha value is -3.42. The monoisotopic (exact) mass is 369 g/mol. The fourth-order valence-corrected chi connectivity index (χ4v) is 3.03. The average Bonchev–Trinajstić information content (AvgIpc) is 3.02. The van der Waals surface area contributed by atoms with E-state index in [-0.39, 0.29) is 36.4 Å². The molecule has 3 rings (SSSR count). The molecule has 0 saturated carbocycles. The van der Waals surface area contributed by atoms with Crippen molar-refractivity contribution in [2.24, 2.45) is 0 Å². The second-order valence-corrected chi connectivity index (χ2v) is 6.27. The fourth-order valence-electron chi connectivity index (χ4n) is 3.03. The van der Waals surface area contributed by atoms with Crippen molar-refractivity contribution in [3.8, 4) is 5.75 Å². The number of rotatable bonds is 6. The van der Waals surface area contributed by atoms with Crippen molar-refractivity contribution < 1.29 is 19.2 Å². The first-order valence-corrected chi connectivity index (χ1v) is 8.43. The zero-order chi connectivity index (χ0) is 19.4. The number of amides is 2. The van der Waals surface area contributed by atoms with Crippen LogP contribution in [0.25, 0.3) is 0 Å². The molecule has 1 N–H and O–H groups in total. The van der Waals surface area contributed by atoms with Crippen molar-refractivity contribution >= 4 is 23.2 Å². The lowest BCUT2D eigenvalue weighted by Gasteiger charge is -2.18.